The van der Waals surface area contributed by atoms with Crippen LogP contribution in [0.5, 0.6) is 17.2 Å². The molecule has 2 aliphatic rings. The van der Waals surface area contributed by atoms with Crippen molar-refractivity contribution in [2.24, 2.45) is 0 Å². The highest BCUT2D eigenvalue weighted by atomic mass is 16.7. The van der Waals surface area contributed by atoms with Gasteiger partial charge in [-0.3, -0.25) is 14.5 Å². The van der Waals surface area contributed by atoms with Gasteiger partial charge >= 0.3 is 6.03 Å². The van der Waals surface area contributed by atoms with Gasteiger partial charge in [0, 0.05) is 0 Å². The summed E-state index contributed by atoms with van der Waals surface area (Å²) in [6.45, 7) is 1.26. The third kappa shape index (κ3) is 3.20. The monoisotopic (exact) mass is 397 g/mol. The minimum atomic E-state index is -1.32. The Bertz CT molecular complexity index is 1010. The van der Waals surface area contributed by atoms with E-state index in [1.165, 1.54) is 7.11 Å². The number of hydrogen-bond donors (Lipinski definition) is 2. The van der Waals surface area contributed by atoms with Crippen molar-refractivity contribution in [3.05, 3.63) is 48.0 Å². The largest absolute Gasteiger partial charge is 0.495 e. The molecule has 0 aliphatic carbocycles. The molecule has 2 aliphatic heterocycles. The third-order valence-corrected chi connectivity index (χ3v) is 4.91. The lowest BCUT2D eigenvalue weighted by atomic mass is 9.91. The number of methoxy groups -OCH3 is 1. The van der Waals surface area contributed by atoms with E-state index in [4.69, 9.17) is 14.2 Å². The Morgan fingerprint density at radius 2 is 1.97 bits per heavy atom. The number of hydrogen-bond acceptors (Lipinski definition) is 6. The lowest BCUT2D eigenvalue weighted by molar-refractivity contribution is -0.133. The van der Waals surface area contributed by atoms with Crippen LogP contribution >= 0.6 is 0 Å². The maximum absolute atomic E-state index is 13.0. The fourth-order valence-corrected chi connectivity index (χ4v) is 3.33. The van der Waals surface area contributed by atoms with Gasteiger partial charge in [0.25, 0.3) is 5.91 Å². The molecule has 0 radical (unpaired) electrons. The van der Waals surface area contributed by atoms with Crippen LogP contribution in [0.15, 0.2) is 42.5 Å². The SMILES string of the molecule is COc1ccccc1NC(=O)CN1C(=O)N[C@@](C)(c2ccc3c(c2)OCO3)C1=O. The van der Waals surface area contributed by atoms with Gasteiger partial charge in [-0.25, -0.2) is 4.79 Å². The van der Waals surface area contributed by atoms with Crippen LogP contribution in [-0.4, -0.2) is 43.2 Å². The molecule has 2 aromatic rings. The third-order valence-electron chi connectivity index (χ3n) is 4.91. The first-order chi connectivity index (χ1) is 13.9. The van der Waals surface area contributed by atoms with E-state index in [0.29, 0.717) is 28.5 Å². The van der Waals surface area contributed by atoms with E-state index < -0.39 is 29.9 Å². The lowest BCUT2D eigenvalue weighted by Gasteiger charge is -2.22. The van der Waals surface area contributed by atoms with Gasteiger partial charge in [0.15, 0.2) is 11.5 Å². The zero-order valence-corrected chi connectivity index (χ0v) is 15.9. The number of benzene rings is 2. The van der Waals surface area contributed by atoms with Crippen molar-refractivity contribution in [1.82, 2.24) is 10.2 Å². The van der Waals surface area contributed by atoms with Crippen molar-refractivity contribution in [1.29, 1.82) is 0 Å². The molecular formula is C20H19N3O6. The molecular weight excluding hydrogens is 378 g/mol. The van der Waals surface area contributed by atoms with Gasteiger partial charge in [0.05, 0.1) is 12.8 Å². The maximum Gasteiger partial charge on any atom is 0.325 e. The summed E-state index contributed by atoms with van der Waals surface area (Å²) in [5.41, 5.74) is -0.332. The summed E-state index contributed by atoms with van der Waals surface area (Å²) in [6, 6.07) is 11.2. The van der Waals surface area contributed by atoms with E-state index in [2.05, 4.69) is 10.6 Å². The molecule has 1 atom stereocenters. The van der Waals surface area contributed by atoms with Gasteiger partial charge in [-0.05, 0) is 36.8 Å². The smallest absolute Gasteiger partial charge is 0.325 e. The minimum absolute atomic E-state index is 0.102. The molecule has 0 aromatic heterocycles. The summed E-state index contributed by atoms with van der Waals surface area (Å²) in [7, 11) is 1.49. The zero-order valence-electron chi connectivity index (χ0n) is 15.9. The molecule has 4 amide bonds. The van der Waals surface area contributed by atoms with Gasteiger partial charge in [0.1, 0.15) is 17.8 Å². The molecule has 150 valence electrons. The van der Waals surface area contributed by atoms with Gasteiger partial charge in [-0.15, -0.1) is 0 Å². The summed E-state index contributed by atoms with van der Waals surface area (Å²) in [6.07, 6.45) is 0. The van der Waals surface area contributed by atoms with Crippen LogP contribution in [0, 0.1) is 0 Å². The Morgan fingerprint density at radius 1 is 1.21 bits per heavy atom. The minimum Gasteiger partial charge on any atom is -0.495 e. The second-order valence-electron chi connectivity index (χ2n) is 6.76. The van der Waals surface area contributed by atoms with Crippen molar-refractivity contribution < 1.29 is 28.6 Å². The Balaban J connectivity index is 1.51. The average Bonchev–Trinajstić information content (AvgIpc) is 3.27. The number of nitrogens with one attached hydrogen (secondary N) is 2. The van der Waals surface area contributed by atoms with Gasteiger partial charge in [-0.1, -0.05) is 18.2 Å². The van der Waals surface area contributed by atoms with Gasteiger partial charge in [-0.2, -0.15) is 0 Å². The second-order valence-corrected chi connectivity index (χ2v) is 6.76. The number of ether oxygens (including phenoxy) is 3. The summed E-state index contributed by atoms with van der Waals surface area (Å²) in [4.78, 5) is 38.8. The van der Waals surface area contributed by atoms with Crippen LogP contribution in [-0.2, 0) is 15.1 Å². The summed E-state index contributed by atoms with van der Waals surface area (Å²) in [5.74, 6) is 0.494. The molecule has 2 heterocycles. The molecule has 0 saturated carbocycles. The lowest BCUT2D eigenvalue weighted by Crippen LogP contribution is -2.42. The van der Waals surface area contributed by atoms with Crippen LogP contribution in [0.3, 0.4) is 0 Å². The average molecular weight is 397 g/mol. The van der Waals surface area contributed by atoms with E-state index >= 15 is 0 Å². The Kier molecular flexibility index (Phi) is 4.50. The van der Waals surface area contributed by atoms with Crippen LogP contribution in [0.1, 0.15) is 12.5 Å². The summed E-state index contributed by atoms with van der Waals surface area (Å²) in [5, 5.41) is 5.32. The molecule has 9 nitrogen and oxygen atoms in total. The number of carbonyl (C=O) groups is 3. The molecule has 2 aromatic carbocycles. The maximum atomic E-state index is 13.0. The molecule has 1 saturated heterocycles. The number of para-hydroxylation sites is 2. The van der Waals surface area contributed by atoms with Crippen molar-refractivity contribution >= 4 is 23.5 Å². The van der Waals surface area contributed by atoms with Crippen LogP contribution in [0.25, 0.3) is 0 Å². The second kappa shape index (κ2) is 7.01. The van der Waals surface area contributed by atoms with E-state index in [1.807, 2.05) is 0 Å². The number of amides is 4. The number of carbonyl (C=O) groups excluding carboxylic acids is 3. The molecule has 9 heteroatoms. The highest BCUT2D eigenvalue weighted by Gasteiger charge is 2.49. The predicted octanol–water partition coefficient (Wildman–Crippen LogP) is 1.83. The molecule has 2 N–H and O–H groups in total. The van der Waals surface area contributed by atoms with Crippen molar-refractivity contribution in [2.45, 2.75) is 12.5 Å². The van der Waals surface area contributed by atoms with Crippen LogP contribution in [0.4, 0.5) is 10.5 Å². The van der Waals surface area contributed by atoms with E-state index in [-0.39, 0.29) is 6.79 Å². The van der Waals surface area contributed by atoms with E-state index in [0.717, 1.165) is 4.90 Å². The first-order valence-electron chi connectivity index (χ1n) is 8.89. The first kappa shape index (κ1) is 18.6. The molecule has 4 rings (SSSR count). The van der Waals surface area contributed by atoms with E-state index in [9.17, 15) is 14.4 Å². The van der Waals surface area contributed by atoms with E-state index in [1.54, 1.807) is 49.4 Å². The zero-order chi connectivity index (χ0) is 20.6. The Morgan fingerprint density at radius 3 is 2.76 bits per heavy atom. The molecule has 29 heavy (non-hydrogen) atoms. The summed E-state index contributed by atoms with van der Waals surface area (Å²) < 4.78 is 15.8. The number of anilines is 1. The first-order valence-corrected chi connectivity index (χ1v) is 8.89. The fourth-order valence-electron chi connectivity index (χ4n) is 3.33. The normalized spacial score (nSPS) is 19.9. The molecule has 0 spiro atoms. The van der Waals surface area contributed by atoms with Crippen molar-refractivity contribution in [3.8, 4) is 17.2 Å². The number of nitrogens with zero attached hydrogens (tertiary/aromatic N) is 1. The molecule has 1 fully saturated rings. The quantitative estimate of drug-likeness (QED) is 0.746. The molecule has 0 unspecified atom stereocenters. The van der Waals surface area contributed by atoms with Crippen LogP contribution < -0.4 is 24.8 Å². The number of fused-ring (bicyclic) bond motifs is 1. The fraction of sp³-hybridized carbons (Fsp3) is 0.250. The highest BCUT2D eigenvalue weighted by molar-refractivity contribution is 6.10. The standard InChI is InChI=1S/C20H19N3O6/c1-20(12-7-8-15-16(9-12)29-11-28-15)18(25)23(19(26)22-20)10-17(24)21-13-5-3-4-6-14(13)27-2/h3-9H,10-11H2,1-2H3,(H,21,24)(H,22,26)/t20-/m0/s1. The van der Waals surface area contributed by atoms with Gasteiger partial charge < -0.3 is 24.8 Å². The Labute approximate surface area is 166 Å². The number of rotatable bonds is 5. The van der Waals surface area contributed by atoms with Gasteiger partial charge in [0.2, 0.25) is 12.7 Å². The highest BCUT2D eigenvalue weighted by Crippen LogP contribution is 2.37. The predicted molar refractivity (Wildman–Crippen MR) is 102 cm³/mol. The number of urea groups is 1. The number of imide groups is 1. The molecule has 0 bridgehead atoms. The van der Waals surface area contributed by atoms with Crippen LogP contribution in [0.2, 0.25) is 0 Å². The topological polar surface area (TPSA) is 106 Å². The van der Waals surface area contributed by atoms with Crippen molar-refractivity contribution in [3.63, 3.8) is 0 Å². The summed E-state index contributed by atoms with van der Waals surface area (Å²) >= 11 is 0. The Hall–Kier alpha value is -3.75. The van der Waals surface area contributed by atoms with Crippen molar-refractivity contribution in [2.75, 3.05) is 25.8 Å².